The van der Waals surface area contributed by atoms with E-state index in [0.29, 0.717) is 0 Å². The minimum atomic E-state index is 0.0136. The van der Waals surface area contributed by atoms with E-state index in [0.717, 1.165) is 66.3 Å². The first-order valence-electron chi connectivity index (χ1n) is 14.0. The second kappa shape index (κ2) is 8.56. The lowest BCUT2D eigenvalue weighted by molar-refractivity contribution is 0.590. The van der Waals surface area contributed by atoms with Gasteiger partial charge in [-0.3, -0.25) is 4.98 Å². The lowest BCUT2D eigenvalue weighted by Crippen LogP contribution is -2.10. The van der Waals surface area contributed by atoms with E-state index in [9.17, 15) is 0 Å². The Labute approximate surface area is 234 Å². The van der Waals surface area contributed by atoms with Crippen LogP contribution in [0.1, 0.15) is 52.7 Å². The summed E-state index contributed by atoms with van der Waals surface area (Å²) >= 11 is 0. The summed E-state index contributed by atoms with van der Waals surface area (Å²) in [6.07, 6.45) is 1.89. The molecule has 198 valence electrons. The van der Waals surface area contributed by atoms with Gasteiger partial charge in [-0.25, -0.2) is 0 Å². The number of nitrogens with zero attached hydrogens (tertiary/aromatic N) is 1. The van der Waals surface area contributed by atoms with Crippen LogP contribution in [0.5, 0.6) is 0 Å². The van der Waals surface area contributed by atoms with E-state index in [2.05, 4.69) is 113 Å². The summed E-state index contributed by atoms with van der Waals surface area (Å²) in [5, 5.41) is 4.34. The van der Waals surface area contributed by atoms with Crippen molar-refractivity contribution in [1.82, 2.24) is 4.98 Å². The standard InChI is InChI=1S/C37H33NO2/c1-36(2,3)24-12-14-31-27(19-24)28-21-26(23-16-17-38-30(18-23)22-10-8-7-9-11-22)34-33(35(28)39-31)29-20-25(37(4,5)6)13-15-32(29)40-34/h7-21H,1-6H3. The Bertz CT molecular complexity index is 2060. The summed E-state index contributed by atoms with van der Waals surface area (Å²) in [6.45, 7) is 13.5. The molecule has 0 atom stereocenters. The van der Waals surface area contributed by atoms with Crippen molar-refractivity contribution in [3.63, 3.8) is 0 Å². The maximum Gasteiger partial charge on any atom is 0.147 e. The van der Waals surface area contributed by atoms with Crippen LogP contribution in [0.4, 0.5) is 0 Å². The number of hydrogen-bond donors (Lipinski definition) is 0. The Morgan fingerprint density at radius 1 is 0.550 bits per heavy atom. The van der Waals surface area contributed by atoms with Crippen LogP contribution < -0.4 is 0 Å². The largest absolute Gasteiger partial charge is 0.455 e. The lowest BCUT2D eigenvalue weighted by Gasteiger charge is -2.18. The van der Waals surface area contributed by atoms with Crippen LogP contribution >= 0.6 is 0 Å². The highest BCUT2D eigenvalue weighted by Gasteiger charge is 2.24. The molecule has 0 N–H and O–H groups in total. The first-order chi connectivity index (χ1) is 19.1. The molecule has 0 fully saturated rings. The minimum Gasteiger partial charge on any atom is -0.455 e. The van der Waals surface area contributed by atoms with E-state index in [1.165, 1.54) is 11.1 Å². The average molecular weight is 524 g/mol. The number of benzene rings is 4. The number of rotatable bonds is 2. The molecule has 3 heterocycles. The van der Waals surface area contributed by atoms with Gasteiger partial charge in [0.1, 0.15) is 22.3 Å². The first-order valence-corrected chi connectivity index (χ1v) is 14.0. The number of fused-ring (bicyclic) bond motifs is 7. The van der Waals surface area contributed by atoms with Gasteiger partial charge in [-0.2, -0.15) is 0 Å². The summed E-state index contributed by atoms with van der Waals surface area (Å²) < 4.78 is 13.3. The second-order valence-corrected chi connectivity index (χ2v) is 12.9. The molecule has 3 nitrogen and oxygen atoms in total. The molecule has 0 saturated carbocycles. The van der Waals surface area contributed by atoms with Gasteiger partial charge in [0, 0.05) is 33.5 Å². The molecule has 7 aromatic rings. The van der Waals surface area contributed by atoms with E-state index in [1.807, 2.05) is 24.4 Å². The fraction of sp³-hybridized carbons (Fsp3) is 0.216. The third kappa shape index (κ3) is 3.92. The summed E-state index contributed by atoms with van der Waals surface area (Å²) in [7, 11) is 0. The highest BCUT2D eigenvalue weighted by Crippen LogP contribution is 2.45. The van der Waals surface area contributed by atoms with Gasteiger partial charge in [0.2, 0.25) is 0 Å². The molecule has 0 amide bonds. The van der Waals surface area contributed by atoms with Crippen molar-refractivity contribution >= 4 is 43.9 Å². The van der Waals surface area contributed by atoms with Crippen molar-refractivity contribution in [2.24, 2.45) is 0 Å². The summed E-state index contributed by atoms with van der Waals surface area (Å²) in [5.41, 5.74) is 10.2. The van der Waals surface area contributed by atoms with E-state index in [-0.39, 0.29) is 10.8 Å². The normalized spacial score (nSPS) is 12.8. The van der Waals surface area contributed by atoms with Gasteiger partial charge >= 0.3 is 0 Å². The van der Waals surface area contributed by atoms with Crippen molar-refractivity contribution in [2.75, 3.05) is 0 Å². The molecule has 4 aromatic carbocycles. The molecule has 0 unspecified atom stereocenters. The molecule has 0 aliphatic carbocycles. The van der Waals surface area contributed by atoms with Gasteiger partial charge in [-0.1, -0.05) is 84.0 Å². The first kappa shape index (κ1) is 24.7. The quantitative estimate of drug-likeness (QED) is 0.226. The Morgan fingerprint density at radius 3 is 1.85 bits per heavy atom. The molecule has 0 bridgehead atoms. The van der Waals surface area contributed by atoms with Crippen LogP contribution in [0.2, 0.25) is 0 Å². The molecule has 0 aliphatic rings. The van der Waals surface area contributed by atoms with Crippen LogP contribution in [0.3, 0.4) is 0 Å². The van der Waals surface area contributed by atoms with Crippen LogP contribution in [-0.4, -0.2) is 4.98 Å². The van der Waals surface area contributed by atoms with Crippen molar-refractivity contribution in [2.45, 2.75) is 52.4 Å². The van der Waals surface area contributed by atoms with E-state index in [1.54, 1.807) is 0 Å². The van der Waals surface area contributed by atoms with E-state index < -0.39 is 0 Å². The molecule has 0 aliphatic heterocycles. The maximum absolute atomic E-state index is 6.65. The lowest BCUT2D eigenvalue weighted by atomic mass is 9.86. The van der Waals surface area contributed by atoms with Crippen LogP contribution in [0.15, 0.2) is 100.0 Å². The van der Waals surface area contributed by atoms with Crippen molar-refractivity contribution in [3.05, 3.63) is 102 Å². The monoisotopic (exact) mass is 523 g/mol. The van der Waals surface area contributed by atoms with Crippen molar-refractivity contribution < 1.29 is 8.83 Å². The molecule has 40 heavy (non-hydrogen) atoms. The fourth-order valence-corrected chi connectivity index (χ4v) is 5.68. The smallest absolute Gasteiger partial charge is 0.147 e. The Kier molecular flexibility index (Phi) is 5.28. The van der Waals surface area contributed by atoms with Gasteiger partial charge in [-0.05, 0) is 70.0 Å². The topological polar surface area (TPSA) is 39.2 Å². The number of hydrogen-bond acceptors (Lipinski definition) is 3. The maximum atomic E-state index is 6.65. The highest BCUT2D eigenvalue weighted by atomic mass is 16.3. The molecule has 3 heteroatoms. The summed E-state index contributed by atoms with van der Waals surface area (Å²) in [6, 6.07) is 29.9. The predicted molar refractivity (Wildman–Crippen MR) is 167 cm³/mol. The number of furan rings is 2. The Balaban J connectivity index is 1.60. The second-order valence-electron chi connectivity index (χ2n) is 12.9. The average Bonchev–Trinajstić information content (AvgIpc) is 3.49. The van der Waals surface area contributed by atoms with Crippen molar-refractivity contribution in [3.8, 4) is 22.4 Å². The Morgan fingerprint density at radius 2 is 1.18 bits per heavy atom. The van der Waals surface area contributed by atoms with Crippen LogP contribution in [-0.2, 0) is 10.8 Å². The highest BCUT2D eigenvalue weighted by molar-refractivity contribution is 6.25. The third-order valence-electron chi connectivity index (χ3n) is 8.05. The van der Waals surface area contributed by atoms with E-state index in [4.69, 9.17) is 8.83 Å². The molecular formula is C37H33NO2. The fourth-order valence-electron chi connectivity index (χ4n) is 5.68. The minimum absolute atomic E-state index is 0.0136. The van der Waals surface area contributed by atoms with Gasteiger partial charge in [0.25, 0.3) is 0 Å². The molecule has 7 rings (SSSR count). The van der Waals surface area contributed by atoms with Gasteiger partial charge in [-0.15, -0.1) is 0 Å². The molecule has 0 radical (unpaired) electrons. The van der Waals surface area contributed by atoms with Gasteiger partial charge in [0.15, 0.2) is 0 Å². The molecule has 3 aromatic heterocycles. The Hall–Kier alpha value is -4.37. The van der Waals surface area contributed by atoms with E-state index >= 15 is 0 Å². The zero-order valence-electron chi connectivity index (χ0n) is 23.9. The SMILES string of the molecule is CC(C)(C)c1ccc2oc3c(cc(-c4ccnc(-c5ccccc5)c4)c4oc5ccc(C(C)(C)C)cc5c43)c2c1. The predicted octanol–water partition coefficient (Wildman–Crippen LogP) is 10.8. The zero-order chi connectivity index (χ0) is 27.8. The summed E-state index contributed by atoms with van der Waals surface area (Å²) in [5.74, 6) is 0. The van der Waals surface area contributed by atoms with Crippen molar-refractivity contribution in [1.29, 1.82) is 0 Å². The van der Waals surface area contributed by atoms with Crippen LogP contribution in [0, 0.1) is 0 Å². The molecule has 0 spiro atoms. The zero-order valence-corrected chi connectivity index (χ0v) is 23.9. The summed E-state index contributed by atoms with van der Waals surface area (Å²) in [4.78, 5) is 4.69. The van der Waals surface area contributed by atoms with Gasteiger partial charge < -0.3 is 8.83 Å². The number of aromatic nitrogens is 1. The molecular weight excluding hydrogens is 490 g/mol. The number of pyridine rings is 1. The molecule has 0 saturated heterocycles. The van der Waals surface area contributed by atoms with Crippen LogP contribution in [0.25, 0.3) is 66.3 Å². The third-order valence-corrected chi connectivity index (χ3v) is 8.05. The van der Waals surface area contributed by atoms with Gasteiger partial charge in [0.05, 0.1) is 11.1 Å².